The molecule has 0 atom stereocenters. The second-order valence-electron chi connectivity index (χ2n) is 6.34. The lowest BCUT2D eigenvalue weighted by Crippen LogP contribution is -2.27. The predicted octanol–water partition coefficient (Wildman–Crippen LogP) is 2.51. The van der Waals surface area contributed by atoms with E-state index < -0.39 is 0 Å². The third-order valence-electron chi connectivity index (χ3n) is 4.85. The first kappa shape index (κ1) is 13.6. The van der Waals surface area contributed by atoms with Crippen LogP contribution in [0.15, 0.2) is 24.4 Å². The van der Waals surface area contributed by atoms with Crippen molar-refractivity contribution < 1.29 is 4.74 Å². The molecule has 1 fully saturated rings. The van der Waals surface area contributed by atoms with E-state index in [0.717, 1.165) is 50.5 Å². The molecule has 4 rings (SSSR count). The molecule has 5 nitrogen and oxygen atoms in total. The lowest BCUT2D eigenvalue weighted by molar-refractivity contribution is 0.0599. The fourth-order valence-electron chi connectivity index (χ4n) is 3.64. The van der Waals surface area contributed by atoms with Crippen molar-refractivity contribution in [2.45, 2.75) is 25.9 Å². The van der Waals surface area contributed by atoms with Crippen LogP contribution in [0.3, 0.4) is 0 Å². The number of hydrogen-bond acceptors (Lipinski definition) is 4. The molecule has 0 bridgehead atoms. The first-order valence-electron chi connectivity index (χ1n) is 7.96. The van der Waals surface area contributed by atoms with Crippen molar-refractivity contribution in [3.8, 4) is 11.1 Å². The highest BCUT2D eigenvalue weighted by Gasteiger charge is 2.26. The van der Waals surface area contributed by atoms with Crippen LogP contribution >= 0.6 is 0 Å². The van der Waals surface area contributed by atoms with E-state index in [-0.39, 0.29) is 0 Å². The second kappa shape index (κ2) is 5.32. The molecule has 22 heavy (non-hydrogen) atoms. The molecule has 3 heterocycles. The van der Waals surface area contributed by atoms with E-state index >= 15 is 0 Å². The molecular weight excluding hydrogens is 276 g/mol. The number of ether oxygens (including phenoxy) is 1. The summed E-state index contributed by atoms with van der Waals surface area (Å²) in [6.07, 6.45) is 4.27. The number of nitrogens with zero attached hydrogens (tertiary/aromatic N) is 3. The third-order valence-corrected chi connectivity index (χ3v) is 4.85. The number of nitrogens with two attached hydrogens (primary N) is 1. The summed E-state index contributed by atoms with van der Waals surface area (Å²) in [4.78, 5) is 2.23. The number of rotatable bonds is 2. The molecule has 5 heteroatoms. The molecule has 2 aromatic rings. The summed E-state index contributed by atoms with van der Waals surface area (Å²) in [7, 11) is 2.10. The van der Waals surface area contributed by atoms with Crippen LogP contribution in [0.2, 0.25) is 0 Å². The van der Waals surface area contributed by atoms with Crippen LogP contribution in [0.25, 0.3) is 11.1 Å². The maximum absolute atomic E-state index is 6.16. The number of fused-ring (bicyclic) bond motifs is 3. The summed E-state index contributed by atoms with van der Waals surface area (Å²) < 4.78 is 7.64. The van der Waals surface area contributed by atoms with Crippen molar-refractivity contribution in [2.75, 3.05) is 30.9 Å². The molecule has 0 spiro atoms. The van der Waals surface area contributed by atoms with Crippen molar-refractivity contribution in [1.82, 2.24) is 9.78 Å². The van der Waals surface area contributed by atoms with Gasteiger partial charge in [-0.05, 0) is 24.8 Å². The minimum Gasteiger partial charge on any atom is -0.397 e. The van der Waals surface area contributed by atoms with Gasteiger partial charge >= 0.3 is 0 Å². The van der Waals surface area contributed by atoms with E-state index in [0.29, 0.717) is 5.92 Å². The molecule has 0 unspecified atom stereocenters. The van der Waals surface area contributed by atoms with Gasteiger partial charge in [0, 0.05) is 37.9 Å². The summed E-state index contributed by atoms with van der Waals surface area (Å²) in [6, 6.07) is 6.13. The lowest BCUT2D eigenvalue weighted by Gasteiger charge is -2.30. The van der Waals surface area contributed by atoms with Crippen LogP contribution < -0.4 is 10.6 Å². The monoisotopic (exact) mass is 298 g/mol. The Hall–Kier alpha value is -2.01. The van der Waals surface area contributed by atoms with Gasteiger partial charge in [0.25, 0.3) is 0 Å². The smallest absolute Gasteiger partial charge is 0.0681 e. The zero-order chi connectivity index (χ0) is 15.1. The molecule has 2 N–H and O–H groups in total. The van der Waals surface area contributed by atoms with E-state index in [1.807, 2.05) is 18.3 Å². The van der Waals surface area contributed by atoms with Crippen LogP contribution in [0, 0.1) is 5.92 Å². The van der Waals surface area contributed by atoms with Crippen molar-refractivity contribution in [3.05, 3.63) is 30.1 Å². The molecule has 1 saturated heterocycles. The highest BCUT2D eigenvalue weighted by molar-refractivity contribution is 5.89. The predicted molar refractivity (Wildman–Crippen MR) is 87.7 cm³/mol. The Balaban J connectivity index is 1.70. The SMILES string of the molecule is CN1Cc2c(cnn2CC2CCOCC2)-c2cccc(N)c21. The minimum absolute atomic E-state index is 0.672. The first-order chi connectivity index (χ1) is 10.7. The second-order valence-corrected chi connectivity index (χ2v) is 6.34. The van der Waals surface area contributed by atoms with E-state index in [9.17, 15) is 0 Å². The Morgan fingerprint density at radius 3 is 2.91 bits per heavy atom. The van der Waals surface area contributed by atoms with Gasteiger partial charge in [0.1, 0.15) is 0 Å². The fourth-order valence-corrected chi connectivity index (χ4v) is 3.64. The Labute approximate surface area is 130 Å². The summed E-state index contributed by atoms with van der Waals surface area (Å²) in [5, 5.41) is 4.66. The molecule has 2 aliphatic rings. The van der Waals surface area contributed by atoms with Gasteiger partial charge in [0.2, 0.25) is 0 Å². The van der Waals surface area contributed by atoms with Crippen LogP contribution in [-0.2, 0) is 17.8 Å². The Kier molecular flexibility index (Phi) is 3.30. The van der Waals surface area contributed by atoms with Crippen LogP contribution in [-0.4, -0.2) is 30.0 Å². The van der Waals surface area contributed by atoms with Gasteiger partial charge in [-0.2, -0.15) is 5.10 Å². The number of benzene rings is 1. The van der Waals surface area contributed by atoms with E-state index in [1.165, 1.54) is 16.8 Å². The lowest BCUT2D eigenvalue weighted by atomic mass is 9.97. The van der Waals surface area contributed by atoms with Crippen molar-refractivity contribution in [3.63, 3.8) is 0 Å². The molecule has 0 saturated carbocycles. The largest absolute Gasteiger partial charge is 0.397 e. The van der Waals surface area contributed by atoms with Gasteiger partial charge in [0.15, 0.2) is 0 Å². The quantitative estimate of drug-likeness (QED) is 0.866. The minimum atomic E-state index is 0.672. The Morgan fingerprint density at radius 1 is 1.27 bits per heavy atom. The standard InChI is InChI=1S/C17H22N4O/c1-20-11-16-14(13-3-2-4-15(18)17(13)20)9-19-21(16)10-12-5-7-22-8-6-12/h2-4,9,12H,5-8,10-11,18H2,1H3. The summed E-state index contributed by atoms with van der Waals surface area (Å²) in [6.45, 7) is 3.62. The number of para-hydroxylation sites is 1. The summed E-state index contributed by atoms with van der Waals surface area (Å²) in [5.74, 6) is 0.672. The molecule has 0 aliphatic carbocycles. The molecule has 0 radical (unpaired) electrons. The maximum atomic E-state index is 6.16. The summed E-state index contributed by atoms with van der Waals surface area (Å²) >= 11 is 0. The third kappa shape index (κ3) is 2.16. The molecule has 2 aliphatic heterocycles. The first-order valence-corrected chi connectivity index (χ1v) is 7.96. The number of anilines is 2. The highest BCUT2D eigenvalue weighted by Crippen LogP contribution is 2.41. The topological polar surface area (TPSA) is 56.3 Å². The van der Waals surface area contributed by atoms with Gasteiger partial charge in [-0.3, -0.25) is 4.68 Å². The van der Waals surface area contributed by atoms with E-state index in [2.05, 4.69) is 27.8 Å². The average Bonchev–Trinajstić information content (AvgIpc) is 2.91. The maximum Gasteiger partial charge on any atom is 0.0681 e. The van der Waals surface area contributed by atoms with Crippen LogP contribution in [0.1, 0.15) is 18.5 Å². The van der Waals surface area contributed by atoms with Crippen LogP contribution in [0.4, 0.5) is 11.4 Å². The Bertz CT molecular complexity index is 688. The molecule has 0 amide bonds. The van der Waals surface area contributed by atoms with Gasteiger partial charge in [-0.25, -0.2) is 0 Å². The number of aromatic nitrogens is 2. The van der Waals surface area contributed by atoms with E-state index in [1.54, 1.807) is 0 Å². The Morgan fingerprint density at radius 2 is 2.09 bits per heavy atom. The number of nitrogen functional groups attached to an aromatic ring is 1. The van der Waals surface area contributed by atoms with Crippen LogP contribution in [0.5, 0.6) is 0 Å². The van der Waals surface area contributed by atoms with Gasteiger partial charge in [-0.15, -0.1) is 0 Å². The normalized spacial score (nSPS) is 18.1. The molecule has 1 aromatic heterocycles. The summed E-state index contributed by atoms with van der Waals surface area (Å²) in [5.41, 5.74) is 11.8. The van der Waals surface area contributed by atoms with E-state index in [4.69, 9.17) is 10.5 Å². The molecule has 1 aromatic carbocycles. The zero-order valence-electron chi connectivity index (χ0n) is 13.0. The number of hydrogen-bond donors (Lipinski definition) is 1. The van der Waals surface area contributed by atoms with Gasteiger partial charge in [0.05, 0.1) is 29.8 Å². The van der Waals surface area contributed by atoms with Crippen molar-refractivity contribution in [1.29, 1.82) is 0 Å². The van der Waals surface area contributed by atoms with Gasteiger partial charge < -0.3 is 15.4 Å². The highest BCUT2D eigenvalue weighted by atomic mass is 16.5. The average molecular weight is 298 g/mol. The van der Waals surface area contributed by atoms with Gasteiger partial charge in [-0.1, -0.05) is 12.1 Å². The van der Waals surface area contributed by atoms with Crippen molar-refractivity contribution >= 4 is 11.4 Å². The molecule has 116 valence electrons. The zero-order valence-corrected chi connectivity index (χ0v) is 13.0. The fraction of sp³-hybridized carbons (Fsp3) is 0.471. The molecular formula is C17H22N4O. The van der Waals surface area contributed by atoms with Crippen molar-refractivity contribution in [2.24, 2.45) is 5.92 Å².